The van der Waals surface area contributed by atoms with Crippen molar-refractivity contribution < 1.29 is 19.5 Å². The molecule has 1 rings (SSSR count). The summed E-state index contributed by atoms with van der Waals surface area (Å²) >= 11 is 0. The summed E-state index contributed by atoms with van der Waals surface area (Å²) in [6.07, 6.45) is 1.59. The van der Waals surface area contributed by atoms with Gasteiger partial charge in [0.25, 0.3) is 0 Å². The molecule has 0 heterocycles. The summed E-state index contributed by atoms with van der Waals surface area (Å²) in [7, 11) is 1.66. The minimum atomic E-state index is -1.45. The number of hydrogen-bond acceptors (Lipinski definition) is 4. The van der Waals surface area contributed by atoms with Crippen LogP contribution in [-0.4, -0.2) is 31.4 Å². The fourth-order valence-electron chi connectivity index (χ4n) is 1.15. The van der Waals surface area contributed by atoms with Gasteiger partial charge in [-0.1, -0.05) is 18.1 Å². The van der Waals surface area contributed by atoms with Crippen LogP contribution in [0.5, 0.6) is 11.5 Å². The highest BCUT2D eigenvalue weighted by molar-refractivity contribution is 6.48. The Morgan fingerprint density at radius 1 is 1.13 bits per heavy atom. The van der Waals surface area contributed by atoms with Crippen molar-refractivity contribution in [2.75, 3.05) is 14.2 Å². The van der Waals surface area contributed by atoms with Crippen LogP contribution in [0, 0.1) is 0 Å². The molecule has 0 aliphatic carbocycles. The third-order valence-corrected chi connectivity index (χ3v) is 1.87. The Bertz CT molecular complexity index is 349. The SMILES string of the molecule is COc1ccc(/C=C/B(O)O)cc1OC. The van der Waals surface area contributed by atoms with E-state index in [0.29, 0.717) is 11.5 Å². The third kappa shape index (κ3) is 3.30. The normalized spacial score (nSPS) is 10.4. The fraction of sp³-hybridized carbons (Fsp3) is 0.200. The number of rotatable bonds is 4. The van der Waals surface area contributed by atoms with E-state index in [0.717, 1.165) is 5.56 Å². The van der Waals surface area contributed by atoms with Gasteiger partial charge in [0.05, 0.1) is 14.2 Å². The zero-order valence-corrected chi connectivity index (χ0v) is 8.68. The van der Waals surface area contributed by atoms with E-state index >= 15 is 0 Å². The maximum atomic E-state index is 8.65. The van der Waals surface area contributed by atoms with Crippen LogP contribution >= 0.6 is 0 Å². The van der Waals surface area contributed by atoms with E-state index in [9.17, 15) is 0 Å². The van der Waals surface area contributed by atoms with Crippen LogP contribution in [0.4, 0.5) is 0 Å². The predicted octanol–water partition coefficient (Wildman–Crippen LogP) is 0.729. The van der Waals surface area contributed by atoms with E-state index in [-0.39, 0.29) is 0 Å². The molecule has 0 saturated carbocycles. The first-order valence-corrected chi connectivity index (χ1v) is 4.43. The second kappa shape index (κ2) is 5.43. The quantitative estimate of drug-likeness (QED) is 0.716. The van der Waals surface area contributed by atoms with Crippen molar-refractivity contribution in [2.45, 2.75) is 0 Å². The van der Waals surface area contributed by atoms with Crippen molar-refractivity contribution in [3.05, 3.63) is 29.7 Å². The molecule has 0 saturated heterocycles. The van der Waals surface area contributed by atoms with Crippen molar-refractivity contribution in [2.24, 2.45) is 0 Å². The number of methoxy groups -OCH3 is 2. The molecule has 80 valence electrons. The highest BCUT2D eigenvalue weighted by Crippen LogP contribution is 2.27. The Morgan fingerprint density at radius 3 is 2.33 bits per heavy atom. The maximum absolute atomic E-state index is 8.65. The van der Waals surface area contributed by atoms with Crippen molar-refractivity contribution in [3.63, 3.8) is 0 Å². The first-order valence-electron chi connectivity index (χ1n) is 4.43. The Kier molecular flexibility index (Phi) is 4.21. The van der Waals surface area contributed by atoms with Crippen molar-refractivity contribution in [3.8, 4) is 11.5 Å². The van der Waals surface area contributed by atoms with Gasteiger partial charge in [-0.15, -0.1) is 0 Å². The Balaban J connectivity index is 2.93. The monoisotopic (exact) mass is 208 g/mol. The molecule has 15 heavy (non-hydrogen) atoms. The molecule has 0 fully saturated rings. The molecule has 0 aliphatic rings. The fourth-order valence-corrected chi connectivity index (χ4v) is 1.15. The van der Waals surface area contributed by atoms with E-state index in [2.05, 4.69) is 0 Å². The molecule has 4 nitrogen and oxygen atoms in total. The van der Waals surface area contributed by atoms with Gasteiger partial charge in [0.2, 0.25) is 0 Å². The standard InChI is InChI=1S/C10H13BO4/c1-14-9-4-3-8(5-6-11(12)13)7-10(9)15-2/h3-7,12-13H,1-2H3/b6-5+. The summed E-state index contributed by atoms with van der Waals surface area (Å²) in [4.78, 5) is 0. The van der Waals surface area contributed by atoms with Gasteiger partial charge in [0.15, 0.2) is 11.5 Å². The van der Waals surface area contributed by atoms with Crippen LogP contribution in [0.15, 0.2) is 24.2 Å². The second-order valence-electron chi connectivity index (χ2n) is 2.89. The molecule has 0 atom stereocenters. The Labute approximate surface area is 88.9 Å². The van der Waals surface area contributed by atoms with Gasteiger partial charge in [0, 0.05) is 0 Å². The van der Waals surface area contributed by atoms with Crippen molar-refractivity contribution in [1.82, 2.24) is 0 Å². The Hall–Kier alpha value is -1.46. The number of ether oxygens (including phenoxy) is 2. The molecule has 0 bridgehead atoms. The van der Waals surface area contributed by atoms with E-state index in [1.165, 1.54) is 5.98 Å². The highest BCUT2D eigenvalue weighted by Gasteiger charge is 2.03. The summed E-state index contributed by atoms with van der Waals surface area (Å²) in [6, 6.07) is 5.29. The lowest BCUT2D eigenvalue weighted by Crippen LogP contribution is -2.05. The predicted molar refractivity (Wildman–Crippen MR) is 58.8 cm³/mol. The molecule has 1 aromatic carbocycles. The van der Waals surface area contributed by atoms with Crippen LogP contribution in [-0.2, 0) is 0 Å². The number of hydrogen-bond donors (Lipinski definition) is 2. The molecule has 0 amide bonds. The largest absolute Gasteiger partial charge is 0.493 e. The summed E-state index contributed by atoms with van der Waals surface area (Å²) in [5.41, 5.74) is 0.806. The molecular weight excluding hydrogens is 195 g/mol. The lowest BCUT2D eigenvalue weighted by Gasteiger charge is -2.07. The topological polar surface area (TPSA) is 58.9 Å². The average molecular weight is 208 g/mol. The van der Waals surface area contributed by atoms with E-state index in [4.69, 9.17) is 19.5 Å². The van der Waals surface area contributed by atoms with E-state index < -0.39 is 7.12 Å². The molecule has 0 aromatic heterocycles. The average Bonchev–Trinajstić information content (AvgIpc) is 2.25. The van der Waals surface area contributed by atoms with Gasteiger partial charge in [-0.25, -0.2) is 0 Å². The molecule has 2 N–H and O–H groups in total. The van der Waals surface area contributed by atoms with Crippen LogP contribution in [0.25, 0.3) is 6.08 Å². The van der Waals surface area contributed by atoms with Crippen LogP contribution in [0.1, 0.15) is 5.56 Å². The lowest BCUT2D eigenvalue weighted by molar-refractivity contribution is 0.355. The van der Waals surface area contributed by atoms with Crippen LogP contribution < -0.4 is 9.47 Å². The summed E-state index contributed by atoms with van der Waals surface area (Å²) in [5, 5.41) is 17.3. The van der Waals surface area contributed by atoms with E-state index in [1.54, 1.807) is 38.5 Å². The zero-order valence-electron chi connectivity index (χ0n) is 8.68. The smallest absolute Gasteiger partial charge is 0.480 e. The third-order valence-electron chi connectivity index (χ3n) is 1.87. The van der Waals surface area contributed by atoms with Gasteiger partial charge in [0.1, 0.15) is 0 Å². The first kappa shape index (κ1) is 11.6. The summed E-state index contributed by atoms with van der Waals surface area (Å²) < 4.78 is 10.2. The molecule has 0 unspecified atom stereocenters. The molecule has 0 aliphatic heterocycles. The maximum Gasteiger partial charge on any atom is 0.480 e. The van der Waals surface area contributed by atoms with Crippen molar-refractivity contribution in [1.29, 1.82) is 0 Å². The minimum Gasteiger partial charge on any atom is -0.493 e. The molecule has 0 radical (unpaired) electrons. The minimum absolute atomic E-state index is 0.604. The van der Waals surface area contributed by atoms with Crippen molar-refractivity contribution >= 4 is 13.2 Å². The van der Waals surface area contributed by atoms with Gasteiger partial charge < -0.3 is 19.5 Å². The molecule has 0 spiro atoms. The lowest BCUT2D eigenvalue weighted by atomic mass is 9.91. The molecule has 5 heteroatoms. The van der Waals surface area contributed by atoms with Crippen LogP contribution in [0.3, 0.4) is 0 Å². The Morgan fingerprint density at radius 2 is 1.80 bits per heavy atom. The summed E-state index contributed by atoms with van der Waals surface area (Å²) in [6.45, 7) is 0. The summed E-state index contributed by atoms with van der Waals surface area (Å²) in [5.74, 6) is 2.51. The molecular formula is C10H13BO4. The number of benzene rings is 1. The van der Waals surface area contributed by atoms with Gasteiger partial charge >= 0.3 is 7.12 Å². The zero-order chi connectivity index (χ0) is 11.3. The van der Waals surface area contributed by atoms with E-state index in [1.807, 2.05) is 0 Å². The second-order valence-corrected chi connectivity index (χ2v) is 2.89. The van der Waals surface area contributed by atoms with Gasteiger partial charge in [-0.3, -0.25) is 0 Å². The first-order chi connectivity index (χ1) is 7.17. The van der Waals surface area contributed by atoms with Gasteiger partial charge in [-0.2, -0.15) is 0 Å². The molecule has 1 aromatic rings. The van der Waals surface area contributed by atoms with Gasteiger partial charge in [-0.05, 0) is 17.7 Å². The highest BCUT2D eigenvalue weighted by atomic mass is 16.5. The van der Waals surface area contributed by atoms with Crippen LogP contribution in [0.2, 0.25) is 0 Å².